The monoisotopic (exact) mass is 270 g/mol. The lowest BCUT2D eigenvalue weighted by Gasteiger charge is -2.14. The third-order valence-corrected chi connectivity index (χ3v) is 3.60. The van der Waals surface area contributed by atoms with Gasteiger partial charge in [0.1, 0.15) is 5.75 Å². The number of benzene rings is 1. The Bertz CT molecular complexity index is 342. The van der Waals surface area contributed by atoms with Crippen molar-refractivity contribution in [3.8, 4) is 5.75 Å². The Morgan fingerprint density at radius 2 is 1.93 bits per heavy atom. The summed E-state index contributed by atoms with van der Waals surface area (Å²) >= 11 is 16.5. The second-order valence-corrected chi connectivity index (χ2v) is 7.51. The lowest BCUT2D eigenvalue weighted by molar-refractivity contribution is 0.343. The number of rotatable bonds is 4. The van der Waals surface area contributed by atoms with Crippen molar-refractivity contribution < 1.29 is 9.05 Å². The Labute approximate surface area is 98.1 Å². The predicted molar refractivity (Wildman–Crippen MR) is 63.8 cm³/mol. The van der Waals surface area contributed by atoms with E-state index in [2.05, 4.69) is 0 Å². The molecule has 0 aliphatic rings. The lowest BCUT2D eigenvalue weighted by atomic mass is 10.3. The van der Waals surface area contributed by atoms with Crippen LogP contribution >= 0.6 is 28.7 Å². The highest BCUT2D eigenvalue weighted by Gasteiger charge is 2.15. The van der Waals surface area contributed by atoms with Gasteiger partial charge in [0.2, 0.25) is 0 Å². The molecule has 0 fully saturated rings. The minimum atomic E-state index is -2.67. The zero-order valence-corrected chi connectivity index (χ0v) is 10.7. The van der Waals surface area contributed by atoms with Crippen molar-refractivity contribution >= 4 is 40.5 Å². The van der Waals surface area contributed by atoms with Crippen molar-refractivity contribution in [2.45, 2.75) is 6.92 Å². The highest BCUT2D eigenvalue weighted by Crippen LogP contribution is 2.53. The highest BCUT2D eigenvalue weighted by molar-refractivity contribution is 8.22. The summed E-state index contributed by atoms with van der Waals surface area (Å²) in [6.45, 7) is 2.25. The van der Waals surface area contributed by atoms with E-state index >= 15 is 0 Å². The molecule has 1 rings (SSSR count). The maximum absolute atomic E-state index is 5.86. The molecule has 0 N–H and O–H groups in total. The number of halogens is 2. The molecule has 0 saturated heterocycles. The molecule has 1 aromatic rings. The van der Waals surface area contributed by atoms with Gasteiger partial charge in [0.15, 0.2) is 0 Å². The van der Waals surface area contributed by atoms with E-state index in [0.29, 0.717) is 17.4 Å². The van der Waals surface area contributed by atoms with Crippen molar-refractivity contribution in [3.05, 3.63) is 29.3 Å². The first-order valence-electron chi connectivity index (χ1n) is 3.93. The molecule has 0 spiro atoms. The topological polar surface area (TPSA) is 18.5 Å². The van der Waals surface area contributed by atoms with Crippen molar-refractivity contribution in [1.29, 1.82) is 0 Å². The largest absolute Gasteiger partial charge is 0.433 e. The van der Waals surface area contributed by atoms with Crippen LogP contribution in [0.5, 0.6) is 5.75 Å². The zero-order valence-electron chi connectivity index (χ0n) is 7.44. The molecule has 1 aromatic carbocycles. The van der Waals surface area contributed by atoms with E-state index in [1.807, 2.05) is 6.92 Å². The number of hydrogen-bond acceptors (Lipinski definition) is 3. The van der Waals surface area contributed by atoms with Gasteiger partial charge in [-0.15, -0.1) is 0 Å². The van der Waals surface area contributed by atoms with E-state index in [1.54, 1.807) is 24.3 Å². The summed E-state index contributed by atoms with van der Waals surface area (Å²) in [5.74, 6) is -2.10. The van der Waals surface area contributed by atoms with Crippen molar-refractivity contribution in [1.82, 2.24) is 0 Å². The van der Waals surface area contributed by atoms with E-state index < -0.39 is 5.84 Å². The molecular weight excluding hydrogens is 262 g/mol. The van der Waals surface area contributed by atoms with Crippen molar-refractivity contribution in [2.24, 2.45) is 0 Å². The standard InChI is InChI=1S/C8H9Cl2O2PS/c1-2-11-13(10,14)12-8-5-3-7(9)4-6-8/h3-6H,2H2,1H3. The van der Waals surface area contributed by atoms with Crippen LogP contribution in [0.25, 0.3) is 0 Å². The summed E-state index contributed by atoms with van der Waals surface area (Å²) in [5, 5.41) is 0.636. The first-order valence-corrected chi connectivity index (χ1v) is 7.85. The van der Waals surface area contributed by atoms with Crippen LogP contribution in [-0.2, 0) is 16.3 Å². The first kappa shape index (κ1) is 12.3. The molecule has 1 atom stereocenters. The van der Waals surface area contributed by atoms with Crippen LogP contribution < -0.4 is 4.52 Å². The van der Waals surface area contributed by atoms with Crippen molar-refractivity contribution in [2.75, 3.05) is 6.61 Å². The average molecular weight is 271 g/mol. The quantitative estimate of drug-likeness (QED) is 0.764. The highest BCUT2D eigenvalue weighted by atomic mass is 35.7. The van der Waals surface area contributed by atoms with Gasteiger partial charge in [-0.05, 0) is 54.2 Å². The van der Waals surface area contributed by atoms with Gasteiger partial charge in [0.05, 0.1) is 6.61 Å². The second-order valence-electron chi connectivity index (χ2n) is 2.39. The van der Waals surface area contributed by atoms with E-state index in [1.165, 1.54) is 0 Å². The van der Waals surface area contributed by atoms with Crippen LogP contribution in [0.4, 0.5) is 0 Å². The van der Waals surface area contributed by atoms with E-state index in [-0.39, 0.29) is 0 Å². The summed E-state index contributed by atoms with van der Waals surface area (Å²) in [5.41, 5.74) is 0. The summed E-state index contributed by atoms with van der Waals surface area (Å²) < 4.78 is 10.4. The Morgan fingerprint density at radius 1 is 1.36 bits per heavy atom. The maximum Gasteiger partial charge on any atom is 0.332 e. The fourth-order valence-electron chi connectivity index (χ4n) is 0.802. The molecule has 0 bridgehead atoms. The summed E-state index contributed by atoms with van der Waals surface area (Å²) in [7, 11) is 0. The summed E-state index contributed by atoms with van der Waals surface area (Å²) in [4.78, 5) is 0. The van der Waals surface area contributed by atoms with E-state index in [4.69, 9.17) is 43.7 Å². The van der Waals surface area contributed by atoms with Crippen molar-refractivity contribution in [3.63, 3.8) is 0 Å². The summed E-state index contributed by atoms with van der Waals surface area (Å²) in [6, 6.07) is 6.81. The molecule has 6 heteroatoms. The number of hydrogen-bond donors (Lipinski definition) is 0. The van der Waals surface area contributed by atoms with E-state index in [0.717, 1.165) is 0 Å². The van der Waals surface area contributed by atoms with Crippen LogP contribution in [0, 0.1) is 0 Å². The maximum atomic E-state index is 5.86. The third-order valence-electron chi connectivity index (χ3n) is 1.31. The molecule has 14 heavy (non-hydrogen) atoms. The molecule has 78 valence electrons. The molecule has 1 unspecified atom stereocenters. The molecule has 0 aliphatic heterocycles. The SMILES string of the molecule is CCOP(=S)(Cl)Oc1ccc(Cl)cc1. The molecule has 0 aliphatic carbocycles. The molecular formula is C8H9Cl2O2PS. The Hall–Kier alpha value is 0.210. The van der Waals surface area contributed by atoms with Gasteiger partial charge in [-0.25, -0.2) is 0 Å². The van der Waals surface area contributed by atoms with Crippen LogP contribution in [0.1, 0.15) is 6.92 Å². The molecule has 0 aromatic heterocycles. The van der Waals surface area contributed by atoms with Gasteiger partial charge in [0, 0.05) is 5.02 Å². The van der Waals surface area contributed by atoms with Gasteiger partial charge in [-0.2, -0.15) is 0 Å². The Kier molecular flexibility index (Phi) is 4.68. The molecule has 0 radical (unpaired) electrons. The van der Waals surface area contributed by atoms with Gasteiger partial charge in [0.25, 0.3) is 0 Å². The van der Waals surface area contributed by atoms with Gasteiger partial charge in [-0.3, -0.25) is 0 Å². The smallest absolute Gasteiger partial charge is 0.332 e. The van der Waals surface area contributed by atoms with Crippen LogP contribution in [-0.4, -0.2) is 6.61 Å². The normalized spacial score (nSPS) is 14.8. The minimum Gasteiger partial charge on any atom is -0.433 e. The second kappa shape index (κ2) is 5.34. The van der Waals surface area contributed by atoms with Crippen LogP contribution in [0.3, 0.4) is 0 Å². The fraction of sp³-hybridized carbons (Fsp3) is 0.250. The lowest BCUT2D eigenvalue weighted by Crippen LogP contribution is -1.91. The predicted octanol–water partition coefficient (Wildman–Crippen LogP) is 4.22. The third kappa shape index (κ3) is 4.16. The molecule has 2 nitrogen and oxygen atoms in total. The minimum absolute atomic E-state index is 0.439. The Balaban J connectivity index is 2.69. The van der Waals surface area contributed by atoms with Crippen LogP contribution in [0.15, 0.2) is 24.3 Å². The molecule has 0 amide bonds. The molecule has 0 saturated carbocycles. The van der Waals surface area contributed by atoms with Gasteiger partial charge >= 0.3 is 5.84 Å². The van der Waals surface area contributed by atoms with E-state index in [9.17, 15) is 0 Å². The zero-order chi connectivity index (χ0) is 10.6. The Morgan fingerprint density at radius 3 is 2.43 bits per heavy atom. The van der Waals surface area contributed by atoms with Gasteiger partial charge < -0.3 is 9.05 Å². The molecule has 0 heterocycles. The first-order chi connectivity index (χ1) is 6.53. The van der Waals surface area contributed by atoms with Gasteiger partial charge in [-0.1, -0.05) is 11.6 Å². The van der Waals surface area contributed by atoms with Crippen LogP contribution in [0.2, 0.25) is 5.02 Å². The fourth-order valence-corrected chi connectivity index (χ4v) is 2.77. The average Bonchev–Trinajstić information content (AvgIpc) is 2.08. The summed E-state index contributed by atoms with van der Waals surface area (Å²) in [6.07, 6.45) is 0.